The van der Waals surface area contributed by atoms with Crippen molar-refractivity contribution in [2.45, 2.75) is 40.0 Å². The maximum atomic E-state index is 5.83. The van der Waals surface area contributed by atoms with Gasteiger partial charge in [0.25, 0.3) is 0 Å². The SMILES string of the molecule is Cc1ccc(C)c2oc(C(C)(C)C)nc12. The minimum Gasteiger partial charge on any atom is -0.440 e. The van der Waals surface area contributed by atoms with Crippen LogP contribution in [-0.2, 0) is 5.41 Å². The van der Waals surface area contributed by atoms with Gasteiger partial charge in [-0.2, -0.15) is 0 Å². The molecule has 0 bridgehead atoms. The second-order valence-electron chi connectivity index (χ2n) is 5.15. The standard InChI is InChI=1S/C13H17NO/c1-8-6-7-9(2)11-10(8)14-12(15-11)13(3,4)5/h6-7H,1-5H3. The molecule has 0 radical (unpaired) electrons. The topological polar surface area (TPSA) is 26.0 Å². The Balaban J connectivity index is 2.76. The summed E-state index contributed by atoms with van der Waals surface area (Å²) in [4.78, 5) is 4.58. The first-order valence-electron chi connectivity index (χ1n) is 5.27. The molecule has 0 unspecified atom stereocenters. The van der Waals surface area contributed by atoms with E-state index in [1.165, 1.54) is 5.56 Å². The Kier molecular flexibility index (Phi) is 2.10. The molecule has 1 heterocycles. The van der Waals surface area contributed by atoms with Gasteiger partial charge < -0.3 is 4.42 Å². The zero-order valence-electron chi connectivity index (χ0n) is 10.0. The van der Waals surface area contributed by atoms with Crippen LogP contribution < -0.4 is 0 Å². The highest BCUT2D eigenvalue weighted by Gasteiger charge is 2.21. The molecule has 15 heavy (non-hydrogen) atoms. The number of aryl methyl sites for hydroxylation is 2. The molecule has 0 N–H and O–H groups in total. The van der Waals surface area contributed by atoms with E-state index in [1.807, 2.05) is 0 Å². The molecular formula is C13H17NO. The van der Waals surface area contributed by atoms with Gasteiger partial charge in [0.15, 0.2) is 5.58 Å². The van der Waals surface area contributed by atoms with Gasteiger partial charge in [0, 0.05) is 5.41 Å². The fraction of sp³-hybridized carbons (Fsp3) is 0.462. The van der Waals surface area contributed by atoms with E-state index in [-0.39, 0.29) is 5.41 Å². The summed E-state index contributed by atoms with van der Waals surface area (Å²) in [6.07, 6.45) is 0. The van der Waals surface area contributed by atoms with Crippen molar-refractivity contribution in [1.29, 1.82) is 0 Å². The summed E-state index contributed by atoms with van der Waals surface area (Å²) in [6, 6.07) is 4.17. The van der Waals surface area contributed by atoms with Crippen LogP contribution in [-0.4, -0.2) is 4.98 Å². The molecular weight excluding hydrogens is 186 g/mol. The molecule has 0 fully saturated rings. The Morgan fingerprint density at radius 1 is 1.07 bits per heavy atom. The van der Waals surface area contributed by atoms with Crippen molar-refractivity contribution in [3.63, 3.8) is 0 Å². The van der Waals surface area contributed by atoms with Gasteiger partial charge in [-0.25, -0.2) is 4.98 Å². The fourth-order valence-corrected chi connectivity index (χ4v) is 1.58. The van der Waals surface area contributed by atoms with Crippen LogP contribution in [0.5, 0.6) is 0 Å². The predicted octanol–water partition coefficient (Wildman–Crippen LogP) is 3.74. The number of hydrogen-bond donors (Lipinski definition) is 0. The summed E-state index contributed by atoms with van der Waals surface area (Å²) >= 11 is 0. The van der Waals surface area contributed by atoms with Crippen LogP contribution in [0, 0.1) is 13.8 Å². The van der Waals surface area contributed by atoms with Crippen molar-refractivity contribution < 1.29 is 4.42 Å². The molecule has 1 aromatic carbocycles. The van der Waals surface area contributed by atoms with E-state index in [0.29, 0.717) is 0 Å². The average molecular weight is 203 g/mol. The maximum absolute atomic E-state index is 5.83. The summed E-state index contributed by atoms with van der Waals surface area (Å²) < 4.78 is 5.83. The fourth-order valence-electron chi connectivity index (χ4n) is 1.58. The Morgan fingerprint density at radius 3 is 2.20 bits per heavy atom. The summed E-state index contributed by atoms with van der Waals surface area (Å²) in [5, 5.41) is 0. The van der Waals surface area contributed by atoms with Gasteiger partial charge in [-0.3, -0.25) is 0 Å². The second kappa shape index (κ2) is 3.09. The van der Waals surface area contributed by atoms with Crippen LogP contribution in [0.25, 0.3) is 11.1 Å². The van der Waals surface area contributed by atoms with Gasteiger partial charge in [0.1, 0.15) is 5.52 Å². The Morgan fingerprint density at radius 2 is 1.67 bits per heavy atom. The first-order chi connectivity index (χ1) is 6.89. The first-order valence-corrected chi connectivity index (χ1v) is 5.27. The molecule has 0 atom stereocenters. The van der Waals surface area contributed by atoms with Crippen LogP contribution in [0.4, 0.5) is 0 Å². The molecule has 0 aliphatic rings. The number of hydrogen-bond acceptors (Lipinski definition) is 2. The second-order valence-corrected chi connectivity index (χ2v) is 5.15. The molecule has 0 saturated heterocycles. The molecule has 0 saturated carbocycles. The highest BCUT2D eigenvalue weighted by atomic mass is 16.3. The Hall–Kier alpha value is -1.31. The number of rotatable bonds is 0. The third-order valence-corrected chi connectivity index (χ3v) is 2.58. The minimum absolute atomic E-state index is 0.0299. The molecule has 2 heteroatoms. The monoisotopic (exact) mass is 203 g/mol. The van der Waals surface area contributed by atoms with Gasteiger partial charge in [0.2, 0.25) is 5.89 Å². The lowest BCUT2D eigenvalue weighted by Gasteiger charge is -2.11. The maximum Gasteiger partial charge on any atom is 0.200 e. The van der Waals surface area contributed by atoms with Crippen LogP contribution >= 0.6 is 0 Å². The molecule has 1 aromatic heterocycles. The number of nitrogens with zero attached hydrogens (tertiary/aromatic N) is 1. The smallest absolute Gasteiger partial charge is 0.200 e. The lowest BCUT2D eigenvalue weighted by Crippen LogP contribution is -2.11. The van der Waals surface area contributed by atoms with E-state index >= 15 is 0 Å². The number of benzene rings is 1. The number of oxazole rings is 1. The van der Waals surface area contributed by atoms with Crippen molar-refractivity contribution in [3.8, 4) is 0 Å². The van der Waals surface area contributed by atoms with E-state index in [2.05, 4.69) is 51.7 Å². The zero-order valence-corrected chi connectivity index (χ0v) is 10.0. The van der Waals surface area contributed by atoms with Gasteiger partial charge >= 0.3 is 0 Å². The summed E-state index contributed by atoms with van der Waals surface area (Å²) in [5.41, 5.74) is 4.23. The van der Waals surface area contributed by atoms with Gasteiger partial charge in [0.05, 0.1) is 0 Å². The average Bonchev–Trinajstić information content (AvgIpc) is 2.56. The van der Waals surface area contributed by atoms with Gasteiger partial charge in [-0.05, 0) is 25.0 Å². The quantitative estimate of drug-likeness (QED) is 0.651. The lowest BCUT2D eigenvalue weighted by molar-refractivity contribution is 0.410. The van der Waals surface area contributed by atoms with Crippen LogP contribution in [0.15, 0.2) is 16.5 Å². The molecule has 2 rings (SSSR count). The number of aromatic nitrogens is 1. The molecule has 0 aliphatic carbocycles. The lowest BCUT2D eigenvalue weighted by atomic mass is 9.97. The Labute approximate surface area is 90.3 Å². The van der Waals surface area contributed by atoms with E-state index in [4.69, 9.17) is 4.42 Å². The van der Waals surface area contributed by atoms with Crippen molar-refractivity contribution >= 4 is 11.1 Å². The van der Waals surface area contributed by atoms with Gasteiger partial charge in [-0.15, -0.1) is 0 Å². The third kappa shape index (κ3) is 1.65. The van der Waals surface area contributed by atoms with E-state index in [1.54, 1.807) is 0 Å². The van der Waals surface area contributed by atoms with Crippen molar-refractivity contribution in [3.05, 3.63) is 29.2 Å². The van der Waals surface area contributed by atoms with E-state index in [9.17, 15) is 0 Å². The van der Waals surface area contributed by atoms with Crippen molar-refractivity contribution in [2.75, 3.05) is 0 Å². The molecule has 2 aromatic rings. The van der Waals surface area contributed by atoms with Crippen LogP contribution in [0.2, 0.25) is 0 Å². The molecule has 0 amide bonds. The van der Waals surface area contributed by atoms with Gasteiger partial charge in [-0.1, -0.05) is 32.9 Å². The first kappa shape index (κ1) is 10.2. The summed E-state index contributed by atoms with van der Waals surface area (Å²) in [7, 11) is 0. The normalized spacial score (nSPS) is 12.3. The van der Waals surface area contributed by atoms with Crippen LogP contribution in [0.3, 0.4) is 0 Å². The molecule has 0 spiro atoms. The van der Waals surface area contributed by atoms with Crippen molar-refractivity contribution in [2.24, 2.45) is 0 Å². The minimum atomic E-state index is -0.0299. The zero-order chi connectivity index (χ0) is 11.2. The van der Waals surface area contributed by atoms with Crippen LogP contribution in [0.1, 0.15) is 37.8 Å². The Bertz CT molecular complexity index is 464. The predicted molar refractivity (Wildman–Crippen MR) is 62.2 cm³/mol. The summed E-state index contributed by atoms with van der Waals surface area (Å²) in [6.45, 7) is 10.5. The highest BCUT2D eigenvalue weighted by Crippen LogP contribution is 2.28. The third-order valence-electron chi connectivity index (χ3n) is 2.58. The summed E-state index contributed by atoms with van der Waals surface area (Å²) in [5.74, 6) is 0.815. The van der Waals surface area contributed by atoms with Crippen molar-refractivity contribution in [1.82, 2.24) is 4.98 Å². The number of fused-ring (bicyclic) bond motifs is 1. The van der Waals surface area contributed by atoms with E-state index in [0.717, 1.165) is 22.6 Å². The van der Waals surface area contributed by atoms with E-state index < -0.39 is 0 Å². The highest BCUT2D eigenvalue weighted by molar-refractivity contribution is 5.79. The molecule has 2 nitrogen and oxygen atoms in total. The molecule has 0 aliphatic heterocycles. The largest absolute Gasteiger partial charge is 0.440 e. The molecule has 80 valence electrons.